The third-order valence-electron chi connectivity index (χ3n) is 2.22. The summed E-state index contributed by atoms with van der Waals surface area (Å²) in [4.78, 5) is 0. The van der Waals surface area contributed by atoms with Gasteiger partial charge in [0.2, 0.25) is 0 Å². The largest absolute Gasteiger partial charge is 0.394 e. The van der Waals surface area contributed by atoms with Crippen molar-refractivity contribution in [2.24, 2.45) is 17.7 Å². The molecule has 0 heterocycles. The van der Waals surface area contributed by atoms with Crippen LogP contribution in [-0.4, -0.2) is 25.6 Å². The first-order chi connectivity index (χ1) is 6.97. The van der Waals surface area contributed by atoms with Gasteiger partial charge in [0, 0.05) is 20.6 Å². The highest BCUT2D eigenvalue weighted by atomic mass is 15.4. The molecule has 0 aliphatic rings. The first-order valence-electron chi connectivity index (χ1n) is 5.47. The summed E-state index contributed by atoms with van der Waals surface area (Å²) in [6, 6.07) is 0. The minimum atomic E-state index is 0.440. The summed E-state index contributed by atoms with van der Waals surface area (Å²) in [5, 5.41) is 4.72. The Kier molecular flexibility index (Phi) is 7.09. The predicted octanol–water partition coefficient (Wildman–Crippen LogP) is 1.74. The summed E-state index contributed by atoms with van der Waals surface area (Å²) in [6.07, 6.45) is 6.38. The molecule has 0 aliphatic carbocycles. The molecule has 1 atom stereocenters. The van der Waals surface area contributed by atoms with E-state index in [4.69, 9.17) is 5.84 Å². The van der Waals surface area contributed by atoms with E-state index in [9.17, 15) is 0 Å². The Morgan fingerprint density at radius 3 is 2.40 bits per heavy atom. The monoisotopic (exact) mass is 211 g/mol. The molecule has 0 bridgehead atoms. The van der Waals surface area contributed by atoms with Gasteiger partial charge in [-0.3, -0.25) is 5.84 Å². The molecule has 3 nitrogen and oxygen atoms in total. The van der Waals surface area contributed by atoms with Gasteiger partial charge < -0.3 is 5.32 Å². The van der Waals surface area contributed by atoms with E-state index < -0.39 is 0 Å². The SMILES string of the molecule is CN/C=C\C(C)/C=C(\CN(C)N)C(C)C. The topological polar surface area (TPSA) is 41.3 Å². The van der Waals surface area contributed by atoms with E-state index >= 15 is 0 Å². The van der Waals surface area contributed by atoms with Crippen LogP contribution in [0.4, 0.5) is 0 Å². The highest BCUT2D eigenvalue weighted by molar-refractivity contribution is 5.11. The summed E-state index contributed by atoms with van der Waals surface area (Å²) in [5.74, 6) is 6.65. The maximum absolute atomic E-state index is 5.67. The van der Waals surface area contributed by atoms with Crippen LogP contribution in [0, 0.1) is 11.8 Å². The second-order valence-electron chi connectivity index (χ2n) is 4.32. The number of nitrogens with two attached hydrogens (primary N) is 1. The van der Waals surface area contributed by atoms with Crippen molar-refractivity contribution >= 4 is 0 Å². The highest BCUT2D eigenvalue weighted by Gasteiger charge is 2.06. The van der Waals surface area contributed by atoms with E-state index in [0.29, 0.717) is 11.8 Å². The fraction of sp³-hybridized carbons (Fsp3) is 0.667. The first kappa shape index (κ1) is 14.2. The molecule has 0 amide bonds. The lowest BCUT2D eigenvalue weighted by molar-refractivity contribution is 0.367. The standard InChI is InChI=1S/C12H25N3/c1-10(2)12(9-15(5)13)8-11(3)6-7-14-4/h6-8,10-11,14H,9,13H2,1-5H3/b7-6-,12-8+. The number of nitrogens with one attached hydrogen (secondary N) is 1. The molecule has 1 unspecified atom stereocenters. The molecule has 3 N–H and O–H groups in total. The van der Waals surface area contributed by atoms with E-state index in [1.54, 1.807) is 5.01 Å². The Morgan fingerprint density at radius 2 is 2.00 bits per heavy atom. The van der Waals surface area contributed by atoms with Gasteiger partial charge in [-0.25, -0.2) is 5.01 Å². The Bertz CT molecular complexity index is 217. The van der Waals surface area contributed by atoms with Gasteiger partial charge in [0.05, 0.1) is 0 Å². The Hall–Kier alpha value is -0.800. The molecule has 0 saturated heterocycles. The van der Waals surface area contributed by atoms with E-state index in [0.717, 1.165) is 6.54 Å². The molecule has 0 aromatic carbocycles. The van der Waals surface area contributed by atoms with Crippen LogP contribution in [0.1, 0.15) is 20.8 Å². The number of hydrogen-bond donors (Lipinski definition) is 2. The fourth-order valence-corrected chi connectivity index (χ4v) is 1.36. The van der Waals surface area contributed by atoms with Gasteiger partial charge in [-0.15, -0.1) is 0 Å². The lowest BCUT2D eigenvalue weighted by atomic mass is 9.98. The van der Waals surface area contributed by atoms with Gasteiger partial charge in [0.1, 0.15) is 0 Å². The van der Waals surface area contributed by atoms with Crippen molar-refractivity contribution in [3.8, 4) is 0 Å². The molecule has 88 valence electrons. The smallest absolute Gasteiger partial charge is 0.0338 e. The third-order valence-corrected chi connectivity index (χ3v) is 2.22. The summed E-state index contributed by atoms with van der Waals surface area (Å²) in [5.41, 5.74) is 1.38. The van der Waals surface area contributed by atoms with Gasteiger partial charge >= 0.3 is 0 Å². The molecule has 0 saturated carbocycles. The van der Waals surface area contributed by atoms with Crippen LogP contribution in [0.2, 0.25) is 0 Å². The van der Waals surface area contributed by atoms with Crippen LogP contribution in [0.25, 0.3) is 0 Å². The molecule has 0 rings (SSSR count). The molecule has 0 aromatic rings. The van der Waals surface area contributed by atoms with Crippen LogP contribution >= 0.6 is 0 Å². The van der Waals surface area contributed by atoms with Crippen molar-refractivity contribution in [1.82, 2.24) is 10.3 Å². The van der Waals surface area contributed by atoms with E-state index in [2.05, 4.69) is 38.2 Å². The van der Waals surface area contributed by atoms with E-state index in [1.165, 1.54) is 5.57 Å². The van der Waals surface area contributed by atoms with Crippen molar-refractivity contribution in [3.05, 3.63) is 23.9 Å². The highest BCUT2D eigenvalue weighted by Crippen LogP contribution is 2.13. The molecule has 0 aromatic heterocycles. The van der Waals surface area contributed by atoms with Crippen molar-refractivity contribution < 1.29 is 0 Å². The van der Waals surface area contributed by atoms with Crippen LogP contribution < -0.4 is 11.2 Å². The zero-order valence-corrected chi connectivity index (χ0v) is 10.6. The zero-order valence-electron chi connectivity index (χ0n) is 10.6. The summed E-state index contributed by atoms with van der Waals surface area (Å²) < 4.78 is 0. The minimum Gasteiger partial charge on any atom is -0.394 e. The number of allylic oxidation sites excluding steroid dienone is 2. The van der Waals surface area contributed by atoms with E-state index in [-0.39, 0.29) is 0 Å². The third kappa shape index (κ3) is 7.17. The van der Waals surface area contributed by atoms with Crippen LogP contribution in [0.15, 0.2) is 23.9 Å². The average molecular weight is 211 g/mol. The maximum Gasteiger partial charge on any atom is 0.0338 e. The molecular formula is C12H25N3. The van der Waals surface area contributed by atoms with Crippen molar-refractivity contribution in [3.63, 3.8) is 0 Å². The Morgan fingerprint density at radius 1 is 1.40 bits per heavy atom. The quantitative estimate of drug-likeness (QED) is 0.399. The van der Waals surface area contributed by atoms with Crippen LogP contribution in [-0.2, 0) is 0 Å². The molecular weight excluding hydrogens is 186 g/mol. The number of likely N-dealkylation sites (N-methyl/N-ethyl adjacent to an activating group) is 1. The van der Waals surface area contributed by atoms with Gasteiger partial charge in [-0.05, 0) is 18.0 Å². The number of hydrogen-bond acceptors (Lipinski definition) is 3. The summed E-state index contributed by atoms with van der Waals surface area (Å²) in [7, 11) is 3.80. The van der Waals surface area contributed by atoms with Gasteiger partial charge in [0.15, 0.2) is 0 Å². The Labute approximate surface area is 94.0 Å². The van der Waals surface area contributed by atoms with Crippen LogP contribution in [0.5, 0.6) is 0 Å². The molecule has 0 aliphatic heterocycles. The molecule has 3 heteroatoms. The van der Waals surface area contributed by atoms with Crippen molar-refractivity contribution in [1.29, 1.82) is 0 Å². The molecule has 0 fully saturated rings. The van der Waals surface area contributed by atoms with E-state index in [1.807, 2.05) is 20.3 Å². The lowest BCUT2D eigenvalue weighted by Crippen LogP contribution is -2.29. The maximum atomic E-state index is 5.67. The first-order valence-corrected chi connectivity index (χ1v) is 5.47. The predicted molar refractivity (Wildman–Crippen MR) is 67.1 cm³/mol. The zero-order chi connectivity index (χ0) is 11.8. The number of hydrazine groups is 1. The molecule has 15 heavy (non-hydrogen) atoms. The molecule has 0 radical (unpaired) electrons. The number of rotatable bonds is 6. The van der Waals surface area contributed by atoms with Crippen LogP contribution in [0.3, 0.4) is 0 Å². The van der Waals surface area contributed by atoms with Crippen molar-refractivity contribution in [2.45, 2.75) is 20.8 Å². The second kappa shape index (κ2) is 7.49. The summed E-state index contributed by atoms with van der Waals surface area (Å²) in [6.45, 7) is 7.40. The number of nitrogens with zero attached hydrogens (tertiary/aromatic N) is 1. The summed E-state index contributed by atoms with van der Waals surface area (Å²) >= 11 is 0. The Balaban J connectivity index is 4.45. The minimum absolute atomic E-state index is 0.440. The van der Waals surface area contributed by atoms with Gasteiger partial charge in [-0.1, -0.05) is 38.5 Å². The van der Waals surface area contributed by atoms with Crippen molar-refractivity contribution in [2.75, 3.05) is 20.6 Å². The lowest BCUT2D eigenvalue weighted by Gasteiger charge is -2.17. The second-order valence-corrected chi connectivity index (χ2v) is 4.32. The fourth-order valence-electron chi connectivity index (χ4n) is 1.36. The van der Waals surface area contributed by atoms with Gasteiger partial charge in [-0.2, -0.15) is 0 Å². The average Bonchev–Trinajstić information content (AvgIpc) is 2.12. The van der Waals surface area contributed by atoms with Gasteiger partial charge in [0.25, 0.3) is 0 Å². The molecule has 0 spiro atoms. The normalized spacial score (nSPS) is 15.3.